The maximum Gasteiger partial charge on any atom is 0.407 e. The first kappa shape index (κ1) is 33.7. The summed E-state index contributed by atoms with van der Waals surface area (Å²) in [7, 11) is 0. The van der Waals surface area contributed by atoms with E-state index in [1.807, 2.05) is 13.8 Å². The second-order valence-electron chi connectivity index (χ2n) is 10.1. The average Bonchev–Trinajstić information content (AvgIpc) is 3.25. The van der Waals surface area contributed by atoms with Crippen LogP contribution in [-0.2, 0) is 23.9 Å². The minimum atomic E-state index is -1.18. The van der Waals surface area contributed by atoms with E-state index in [0.717, 1.165) is 6.08 Å². The van der Waals surface area contributed by atoms with E-state index in [-0.39, 0.29) is 55.3 Å². The fourth-order valence-corrected chi connectivity index (χ4v) is 5.29. The van der Waals surface area contributed by atoms with Gasteiger partial charge in [0.1, 0.15) is 6.10 Å². The highest BCUT2D eigenvalue weighted by Gasteiger charge is 2.53. The van der Waals surface area contributed by atoms with Crippen LogP contribution in [0.2, 0.25) is 0 Å². The number of amides is 2. The summed E-state index contributed by atoms with van der Waals surface area (Å²) in [4.78, 5) is 49.0. The molecule has 42 heavy (non-hydrogen) atoms. The molecule has 1 saturated carbocycles. The number of guanidine groups is 1. The maximum absolute atomic E-state index is 12.7. The number of ether oxygens (including phenoxy) is 2. The minimum absolute atomic E-state index is 0.0288. The van der Waals surface area contributed by atoms with Gasteiger partial charge >= 0.3 is 18.0 Å². The molecule has 5 atom stereocenters. The number of aromatic hydroxyl groups is 2. The summed E-state index contributed by atoms with van der Waals surface area (Å²) in [5, 5.41) is 44.7. The fraction of sp³-hybridized carbons (Fsp3) is 0.536. The van der Waals surface area contributed by atoms with Crippen molar-refractivity contribution in [2.45, 2.75) is 64.6 Å². The third kappa shape index (κ3) is 9.85. The van der Waals surface area contributed by atoms with E-state index in [1.54, 1.807) is 0 Å². The third-order valence-electron chi connectivity index (χ3n) is 7.24. The Balaban J connectivity index is 2.02. The van der Waals surface area contributed by atoms with Gasteiger partial charge in [-0.15, -0.1) is 0 Å². The Hall–Kier alpha value is -4.49. The zero-order valence-electron chi connectivity index (χ0n) is 24.0. The van der Waals surface area contributed by atoms with E-state index >= 15 is 0 Å². The topological polar surface area (TPSA) is 233 Å². The van der Waals surface area contributed by atoms with Crippen molar-refractivity contribution in [2.24, 2.45) is 23.5 Å². The Morgan fingerprint density at radius 2 is 1.86 bits per heavy atom. The Labute approximate surface area is 244 Å². The molecule has 1 aliphatic carbocycles. The summed E-state index contributed by atoms with van der Waals surface area (Å²) < 4.78 is 10.7. The van der Waals surface area contributed by atoms with Crippen molar-refractivity contribution in [3.05, 3.63) is 29.8 Å². The van der Waals surface area contributed by atoms with Gasteiger partial charge in [-0.3, -0.25) is 15.0 Å². The van der Waals surface area contributed by atoms with Crippen LogP contribution in [0, 0.1) is 23.2 Å². The van der Waals surface area contributed by atoms with E-state index in [1.165, 1.54) is 31.2 Å². The zero-order valence-corrected chi connectivity index (χ0v) is 24.0. The molecule has 0 radical (unpaired) electrons. The Bertz CT molecular complexity index is 1150. The summed E-state index contributed by atoms with van der Waals surface area (Å²) in [5.41, 5.74) is 6.05. The predicted octanol–water partition coefficient (Wildman–Crippen LogP) is 1.65. The third-order valence-corrected chi connectivity index (χ3v) is 7.24. The number of phenols is 2. The number of phenolic OH excluding ortho intramolecular Hbond substituents is 2. The molecule has 14 nitrogen and oxygen atoms in total. The highest BCUT2D eigenvalue weighted by molar-refractivity contribution is 5.87. The molecule has 0 saturated heterocycles. The number of carbonyl (C=O) groups excluding carboxylic acids is 3. The molecule has 0 bridgehead atoms. The van der Waals surface area contributed by atoms with Gasteiger partial charge in [0.2, 0.25) is 5.91 Å². The number of carboxylic acids is 1. The predicted molar refractivity (Wildman–Crippen MR) is 152 cm³/mol. The summed E-state index contributed by atoms with van der Waals surface area (Å²) in [6.45, 7) is 5.29. The van der Waals surface area contributed by atoms with Crippen LogP contribution in [0.3, 0.4) is 0 Å². The lowest BCUT2D eigenvalue weighted by atomic mass is 9.80. The van der Waals surface area contributed by atoms with Crippen LogP contribution in [-0.4, -0.2) is 76.6 Å². The molecule has 0 spiro atoms. The highest BCUT2D eigenvalue weighted by Crippen LogP contribution is 2.40. The van der Waals surface area contributed by atoms with Gasteiger partial charge in [-0.05, 0) is 42.5 Å². The van der Waals surface area contributed by atoms with E-state index in [9.17, 15) is 34.5 Å². The molecule has 232 valence electrons. The van der Waals surface area contributed by atoms with Crippen LogP contribution in [0.15, 0.2) is 24.3 Å². The first-order valence-corrected chi connectivity index (χ1v) is 13.8. The number of hydrogen-bond donors (Lipinski definition) is 8. The van der Waals surface area contributed by atoms with Crippen LogP contribution >= 0.6 is 0 Å². The van der Waals surface area contributed by atoms with Crippen LogP contribution in [0.25, 0.3) is 6.08 Å². The standard InChI is InChI=1S/C28H41N5O9/c1-4-17(5-2)24(32-15(3)34)23-19(33-27(29)30)14-18(26(38)39)25(23)42-28(40)31-11-6-12-41-22(37)10-8-16-7-9-20(35)21(36)13-16/h7-10,13,17-19,23-25,35-36H,4-6,11-12,14H2,1-3H3,(H,31,40)(H,32,34)(H,38,39)(H4,29,30,33)/b10-8+/t18-,19+,23+,24-,25+/m0/s1. The Kier molecular flexibility index (Phi) is 12.9. The first-order valence-electron chi connectivity index (χ1n) is 13.8. The minimum Gasteiger partial charge on any atom is -0.504 e. The number of carboxylic acid groups (broad SMARTS) is 1. The molecule has 0 aromatic heterocycles. The SMILES string of the molecule is CCC(CC)[C@H](NC(C)=O)[C@@H]1[C@H](OC(=O)NCCCOC(=O)/C=C/c2ccc(O)c(O)c2)[C@@H](C(=O)O)C[C@H]1NC(=N)N. The number of alkyl carbamates (subject to hydrolysis) is 1. The summed E-state index contributed by atoms with van der Waals surface area (Å²) >= 11 is 0. The monoisotopic (exact) mass is 591 g/mol. The number of rotatable bonds is 14. The van der Waals surface area contributed by atoms with E-state index in [2.05, 4.69) is 16.0 Å². The number of hydrogen-bond acceptors (Lipinski definition) is 9. The van der Waals surface area contributed by atoms with Crippen LogP contribution in [0.5, 0.6) is 11.5 Å². The van der Waals surface area contributed by atoms with Crippen molar-refractivity contribution in [3.8, 4) is 11.5 Å². The molecule has 0 heterocycles. The Morgan fingerprint density at radius 3 is 2.43 bits per heavy atom. The molecule has 2 rings (SSSR count). The molecular formula is C28H41N5O9. The van der Waals surface area contributed by atoms with Gasteiger partial charge < -0.3 is 46.5 Å². The lowest BCUT2D eigenvalue weighted by Crippen LogP contribution is -2.55. The second-order valence-corrected chi connectivity index (χ2v) is 10.1. The van der Waals surface area contributed by atoms with Gasteiger partial charge in [-0.2, -0.15) is 0 Å². The van der Waals surface area contributed by atoms with Crippen LogP contribution in [0.1, 0.15) is 52.0 Å². The zero-order chi connectivity index (χ0) is 31.4. The summed E-state index contributed by atoms with van der Waals surface area (Å²) in [6.07, 6.45) is 2.17. The largest absolute Gasteiger partial charge is 0.504 e. The van der Waals surface area contributed by atoms with Gasteiger partial charge in [0.25, 0.3) is 0 Å². The molecule has 2 amide bonds. The normalized spacial score (nSPS) is 20.6. The molecule has 1 aromatic carbocycles. The van der Waals surface area contributed by atoms with Crippen molar-refractivity contribution in [3.63, 3.8) is 0 Å². The van der Waals surface area contributed by atoms with Gasteiger partial charge in [0.15, 0.2) is 17.5 Å². The highest BCUT2D eigenvalue weighted by atomic mass is 16.6. The number of esters is 1. The lowest BCUT2D eigenvalue weighted by molar-refractivity contribution is -0.145. The van der Waals surface area contributed by atoms with E-state index < -0.39 is 48.1 Å². The van der Waals surface area contributed by atoms with Crippen molar-refractivity contribution in [1.82, 2.24) is 16.0 Å². The molecular weight excluding hydrogens is 550 g/mol. The molecule has 14 heteroatoms. The fourth-order valence-electron chi connectivity index (χ4n) is 5.29. The lowest BCUT2D eigenvalue weighted by Gasteiger charge is -2.37. The van der Waals surface area contributed by atoms with E-state index in [0.29, 0.717) is 18.4 Å². The number of aliphatic carboxylic acids is 1. The van der Waals surface area contributed by atoms with Crippen LogP contribution in [0.4, 0.5) is 4.79 Å². The van der Waals surface area contributed by atoms with Gasteiger partial charge in [0.05, 0.1) is 12.5 Å². The quantitative estimate of drug-likeness (QED) is 0.0387. The van der Waals surface area contributed by atoms with Crippen LogP contribution < -0.4 is 21.7 Å². The number of nitrogens with one attached hydrogen (secondary N) is 4. The van der Waals surface area contributed by atoms with Gasteiger partial charge in [0, 0.05) is 37.5 Å². The summed E-state index contributed by atoms with van der Waals surface area (Å²) in [5.74, 6) is -4.97. The molecule has 1 aliphatic rings. The van der Waals surface area contributed by atoms with Crippen molar-refractivity contribution < 1.29 is 44.0 Å². The number of benzene rings is 1. The van der Waals surface area contributed by atoms with Gasteiger partial charge in [-0.25, -0.2) is 9.59 Å². The number of carbonyl (C=O) groups is 4. The van der Waals surface area contributed by atoms with Gasteiger partial charge in [-0.1, -0.05) is 32.8 Å². The maximum atomic E-state index is 12.7. The number of nitrogens with two attached hydrogens (primary N) is 1. The molecule has 0 aliphatic heterocycles. The average molecular weight is 592 g/mol. The molecule has 0 unspecified atom stereocenters. The molecule has 1 fully saturated rings. The second kappa shape index (κ2) is 16.1. The Morgan fingerprint density at radius 1 is 1.17 bits per heavy atom. The van der Waals surface area contributed by atoms with Crippen molar-refractivity contribution in [1.29, 1.82) is 5.41 Å². The van der Waals surface area contributed by atoms with Crippen molar-refractivity contribution in [2.75, 3.05) is 13.2 Å². The summed E-state index contributed by atoms with van der Waals surface area (Å²) in [6, 6.07) is 2.87. The van der Waals surface area contributed by atoms with E-state index in [4.69, 9.17) is 20.6 Å². The molecule has 1 aromatic rings. The first-order chi connectivity index (χ1) is 19.9. The van der Waals surface area contributed by atoms with Crippen molar-refractivity contribution >= 4 is 36.0 Å². The smallest absolute Gasteiger partial charge is 0.407 e. The molecule has 9 N–H and O–H groups in total.